The Labute approximate surface area is 159 Å². The standard InChI is InChI=1S/C20H14N2O4S/c23-19-17-12-14(22(24)25)8-11-18(17)27-20(21-19)13-6-9-16(10-7-13)26-15-4-2-1-3-5-15/h1-12,20H,(H,21,23). The van der Waals surface area contributed by atoms with E-state index in [1.165, 1.54) is 23.9 Å². The molecular formula is C20H14N2O4S. The zero-order chi connectivity index (χ0) is 18.8. The summed E-state index contributed by atoms with van der Waals surface area (Å²) in [4.78, 5) is 23.5. The molecule has 1 heterocycles. The van der Waals surface area contributed by atoms with Crippen molar-refractivity contribution in [2.75, 3.05) is 0 Å². The third-order valence-electron chi connectivity index (χ3n) is 4.09. The van der Waals surface area contributed by atoms with E-state index in [9.17, 15) is 14.9 Å². The highest BCUT2D eigenvalue weighted by Gasteiger charge is 2.27. The molecular weight excluding hydrogens is 364 g/mol. The van der Waals surface area contributed by atoms with E-state index in [2.05, 4.69) is 5.32 Å². The molecule has 1 amide bonds. The van der Waals surface area contributed by atoms with Crippen LogP contribution >= 0.6 is 11.8 Å². The Kier molecular flexibility index (Phi) is 4.52. The van der Waals surface area contributed by atoms with Gasteiger partial charge in [0.15, 0.2) is 0 Å². The zero-order valence-electron chi connectivity index (χ0n) is 14.0. The summed E-state index contributed by atoms with van der Waals surface area (Å²) in [5.74, 6) is 1.14. The van der Waals surface area contributed by atoms with Gasteiger partial charge >= 0.3 is 0 Å². The number of hydrogen-bond donors (Lipinski definition) is 1. The van der Waals surface area contributed by atoms with E-state index in [0.29, 0.717) is 11.3 Å². The number of non-ortho nitro benzene ring substituents is 1. The zero-order valence-corrected chi connectivity index (χ0v) is 14.8. The Morgan fingerprint density at radius 2 is 1.67 bits per heavy atom. The Balaban J connectivity index is 1.53. The fourth-order valence-electron chi connectivity index (χ4n) is 2.75. The molecule has 0 aromatic heterocycles. The fraction of sp³-hybridized carbons (Fsp3) is 0.0500. The van der Waals surface area contributed by atoms with Gasteiger partial charge in [-0.3, -0.25) is 14.9 Å². The molecule has 1 aliphatic rings. The van der Waals surface area contributed by atoms with Gasteiger partial charge in [0.2, 0.25) is 0 Å². The van der Waals surface area contributed by atoms with Gasteiger partial charge in [0.1, 0.15) is 16.9 Å². The first-order valence-electron chi connectivity index (χ1n) is 8.19. The topological polar surface area (TPSA) is 81.5 Å². The smallest absolute Gasteiger partial charge is 0.270 e. The number of fused-ring (bicyclic) bond motifs is 1. The minimum absolute atomic E-state index is 0.0923. The molecule has 3 aromatic carbocycles. The highest BCUT2D eigenvalue weighted by molar-refractivity contribution is 7.99. The number of nitrogens with zero attached hydrogens (tertiary/aromatic N) is 1. The van der Waals surface area contributed by atoms with E-state index in [-0.39, 0.29) is 17.0 Å². The van der Waals surface area contributed by atoms with Crippen LogP contribution in [0.15, 0.2) is 77.7 Å². The van der Waals surface area contributed by atoms with Gasteiger partial charge in [-0.1, -0.05) is 42.1 Å². The van der Waals surface area contributed by atoms with E-state index in [0.717, 1.165) is 16.2 Å². The van der Waals surface area contributed by atoms with Crippen molar-refractivity contribution in [3.63, 3.8) is 0 Å². The quantitative estimate of drug-likeness (QED) is 0.515. The third-order valence-corrected chi connectivity index (χ3v) is 5.32. The number of nitrogens with one attached hydrogen (secondary N) is 1. The number of rotatable bonds is 4. The Bertz CT molecular complexity index is 1010. The van der Waals surface area contributed by atoms with Crippen molar-refractivity contribution in [1.29, 1.82) is 0 Å². The van der Waals surface area contributed by atoms with Crippen molar-refractivity contribution in [3.8, 4) is 11.5 Å². The van der Waals surface area contributed by atoms with Gasteiger partial charge in [-0.15, -0.1) is 0 Å². The second-order valence-corrected chi connectivity index (χ2v) is 7.04. The van der Waals surface area contributed by atoms with E-state index in [4.69, 9.17) is 4.74 Å². The van der Waals surface area contributed by atoms with Crippen molar-refractivity contribution in [2.24, 2.45) is 0 Å². The molecule has 0 saturated carbocycles. The van der Waals surface area contributed by atoms with Crippen LogP contribution < -0.4 is 10.1 Å². The van der Waals surface area contributed by atoms with E-state index >= 15 is 0 Å². The molecule has 1 aliphatic heterocycles. The van der Waals surface area contributed by atoms with Crippen LogP contribution in [0.25, 0.3) is 0 Å². The van der Waals surface area contributed by atoms with E-state index in [1.807, 2.05) is 54.6 Å². The van der Waals surface area contributed by atoms with Crippen molar-refractivity contribution in [1.82, 2.24) is 5.32 Å². The third kappa shape index (κ3) is 3.63. The molecule has 3 aromatic rings. The fourth-order valence-corrected chi connectivity index (χ4v) is 3.89. The summed E-state index contributed by atoms with van der Waals surface area (Å²) in [5.41, 5.74) is 1.15. The number of ether oxygens (including phenoxy) is 1. The van der Waals surface area contributed by atoms with Crippen LogP contribution in [0.2, 0.25) is 0 Å². The molecule has 0 fully saturated rings. The van der Waals surface area contributed by atoms with Gasteiger partial charge in [-0.25, -0.2) is 0 Å². The molecule has 0 saturated heterocycles. The van der Waals surface area contributed by atoms with Crippen LogP contribution in [-0.2, 0) is 0 Å². The average Bonchev–Trinajstić information content (AvgIpc) is 2.69. The number of nitro groups is 1. The van der Waals surface area contributed by atoms with Gasteiger partial charge < -0.3 is 10.1 Å². The molecule has 27 heavy (non-hydrogen) atoms. The lowest BCUT2D eigenvalue weighted by molar-refractivity contribution is -0.384. The van der Waals surface area contributed by atoms with E-state index < -0.39 is 4.92 Å². The molecule has 134 valence electrons. The van der Waals surface area contributed by atoms with Crippen LogP contribution in [0.3, 0.4) is 0 Å². The first kappa shape index (κ1) is 17.1. The number of nitro benzene ring substituents is 1. The molecule has 0 radical (unpaired) electrons. The molecule has 1 atom stereocenters. The number of para-hydroxylation sites is 1. The van der Waals surface area contributed by atoms with E-state index in [1.54, 1.807) is 6.07 Å². The van der Waals surface area contributed by atoms with Gasteiger partial charge in [-0.05, 0) is 35.9 Å². The number of carbonyl (C=O) groups is 1. The van der Waals surface area contributed by atoms with Crippen LogP contribution in [0.1, 0.15) is 21.3 Å². The molecule has 0 bridgehead atoms. The first-order chi connectivity index (χ1) is 13.1. The number of carbonyl (C=O) groups excluding carboxylic acids is 1. The summed E-state index contributed by atoms with van der Waals surface area (Å²) in [5, 5.41) is 13.5. The van der Waals surface area contributed by atoms with Gasteiger partial charge in [-0.2, -0.15) is 0 Å². The summed E-state index contributed by atoms with van der Waals surface area (Å²) < 4.78 is 5.78. The number of hydrogen-bond acceptors (Lipinski definition) is 5. The minimum atomic E-state index is -0.504. The second-order valence-electron chi connectivity index (χ2n) is 5.89. The van der Waals surface area contributed by atoms with Gasteiger partial charge in [0.05, 0.1) is 10.5 Å². The maximum atomic E-state index is 12.4. The number of thioether (sulfide) groups is 1. The molecule has 4 rings (SSSR count). The minimum Gasteiger partial charge on any atom is -0.457 e. The monoisotopic (exact) mass is 378 g/mol. The lowest BCUT2D eigenvalue weighted by atomic mass is 10.1. The first-order valence-corrected chi connectivity index (χ1v) is 9.07. The summed E-state index contributed by atoms with van der Waals surface area (Å²) in [6.45, 7) is 0. The maximum Gasteiger partial charge on any atom is 0.270 e. The molecule has 6 nitrogen and oxygen atoms in total. The summed E-state index contributed by atoms with van der Waals surface area (Å²) >= 11 is 1.45. The van der Waals surface area contributed by atoms with Crippen LogP contribution in [0.5, 0.6) is 11.5 Å². The maximum absolute atomic E-state index is 12.4. The molecule has 0 aliphatic carbocycles. The molecule has 0 spiro atoms. The summed E-state index contributed by atoms with van der Waals surface area (Å²) in [7, 11) is 0. The predicted molar refractivity (Wildman–Crippen MR) is 102 cm³/mol. The largest absolute Gasteiger partial charge is 0.457 e. The molecule has 7 heteroatoms. The van der Waals surface area contributed by atoms with Crippen molar-refractivity contribution < 1.29 is 14.5 Å². The average molecular weight is 378 g/mol. The van der Waals surface area contributed by atoms with Gasteiger partial charge in [0.25, 0.3) is 11.6 Å². The molecule has 1 N–H and O–H groups in total. The summed E-state index contributed by atoms with van der Waals surface area (Å²) in [6, 6.07) is 21.3. The van der Waals surface area contributed by atoms with Crippen LogP contribution in [-0.4, -0.2) is 10.8 Å². The number of benzene rings is 3. The highest BCUT2D eigenvalue weighted by atomic mass is 32.2. The van der Waals surface area contributed by atoms with Gasteiger partial charge in [0, 0.05) is 17.0 Å². The second kappa shape index (κ2) is 7.13. The lowest BCUT2D eigenvalue weighted by Gasteiger charge is -2.25. The Hall–Kier alpha value is -3.32. The number of amides is 1. The van der Waals surface area contributed by atoms with Crippen molar-refractivity contribution in [3.05, 3.63) is 94.0 Å². The Morgan fingerprint density at radius 1 is 0.963 bits per heavy atom. The highest BCUT2D eigenvalue weighted by Crippen LogP contribution is 2.40. The van der Waals surface area contributed by atoms with Crippen LogP contribution in [0.4, 0.5) is 5.69 Å². The predicted octanol–water partition coefficient (Wildman–Crippen LogP) is 4.92. The lowest BCUT2D eigenvalue weighted by Crippen LogP contribution is -2.30. The normalized spacial score (nSPS) is 15.6. The van der Waals surface area contributed by atoms with Crippen molar-refractivity contribution >= 4 is 23.4 Å². The Morgan fingerprint density at radius 3 is 2.37 bits per heavy atom. The van der Waals surface area contributed by atoms with Crippen molar-refractivity contribution in [2.45, 2.75) is 10.3 Å². The summed E-state index contributed by atoms with van der Waals surface area (Å²) in [6.07, 6.45) is 0. The van der Waals surface area contributed by atoms with Crippen LogP contribution in [0, 0.1) is 10.1 Å². The SMILES string of the molecule is O=C1NC(c2ccc(Oc3ccccc3)cc2)Sc2ccc([N+](=O)[O-])cc21. The molecule has 1 unspecified atom stereocenters.